The Morgan fingerprint density at radius 2 is 2.29 bits per heavy atom. The predicted molar refractivity (Wildman–Crippen MR) is 56.7 cm³/mol. The van der Waals surface area contributed by atoms with Crippen molar-refractivity contribution in [2.45, 2.75) is 0 Å². The lowest BCUT2D eigenvalue weighted by Gasteiger charge is -2.02. The molecule has 0 fully saturated rings. The summed E-state index contributed by atoms with van der Waals surface area (Å²) in [5.41, 5.74) is 6.92. The van der Waals surface area contributed by atoms with Crippen molar-refractivity contribution in [3.05, 3.63) is 35.3 Å². The molecule has 0 saturated carbocycles. The normalized spacial score (nSPS) is 9.64. The van der Waals surface area contributed by atoms with Gasteiger partial charge in [-0.15, -0.1) is 11.3 Å². The van der Waals surface area contributed by atoms with Crippen LogP contribution in [0, 0.1) is 11.3 Å². The second-order valence-corrected chi connectivity index (χ2v) is 3.66. The number of aromatic nitrogens is 1. The van der Waals surface area contributed by atoms with Gasteiger partial charge in [0.05, 0.1) is 0 Å². The fourth-order valence-corrected chi connectivity index (χ4v) is 1.99. The number of thiophene rings is 1. The molecule has 2 rings (SSSR count). The third-order valence-corrected chi connectivity index (χ3v) is 2.78. The lowest BCUT2D eigenvalue weighted by atomic mass is 10.1. The largest absolute Gasteiger partial charge is 0.383 e. The summed E-state index contributed by atoms with van der Waals surface area (Å²) in [5.74, 6) is 0.290. The molecule has 0 atom stereocenters. The Hall–Kier alpha value is -1.86. The van der Waals surface area contributed by atoms with E-state index in [4.69, 9.17) is 11.0 Å². The van der Waals surface area contributed by atoms with E-state index in [1.54, 1.807) is 23.6 Å². The lowest BCUT2D eigenvalue weighted by Crippen LogP contribution is -1.95. The number of nitriles is 1. The average Bonchev–Trinajstić information content (AvgIpc) is 2.70. The number of pyridine rings is 1. The molecule has 2 N–H and O–H groups in total. The Bertz CT molecular complexity index is 483. The zero-order valence-electron chi connectivity index (χ0n) is 7.27. The number of rotatable bonds is 1. The summed E-state index contributed by atoms with van der Waals surface area (Å²) in [6, 6.07) is 7.78. The number of nitrogens with two attached hydrogens (primary N) is 1. The van der Waals surface area contributed by atoms with Crippen molar-refractivity contribution >= 4 is 17.2 Å². The van der Waals surface area contributed by atoms with Crippen LogP contribution < -0.4 is 5.73 Å². The molecule has 0 aromatic carbocycles. The standard InChI is InChI=1S/C10H7N3S/c11-6-8-7(3-4-13-10(8)12)9-2-1-5-14-9/h1-5H,(H2,12,13). The number of anilines is 1. The molecule has 0 amide bonds. The second kappa shape index (κ2) is 3.48. The number of hydrogen-bond acceptors (Lipinski definition) is 4. The van der Waals surface area contributed by atoms with Crippen LogP contribution in [0.2, 0.25) is 0 Å². The molecule has 14 heavy (non-hydrogen) atoms. The third-order valence-electron chi connectivity index (χ3n) is 1.88. The average molecular weight is 201 g/mol. The van der Waals surface area contributed by atoms with E-state index in [1.165, 1.54) is 0 Å². The Balaban J connectivity index is 2.66. The zero-order valence-corrected chi connectivity index (χ0v) is 8.08. The van der Waals surface area contributed by atoms with Crippen LogP contribution in [0.3, 0.4) is 0 Å². The maximum Gasteiger partial charge on any atom is 0.141 e. The summed E-state index contributed by atoms with van der Waals surface area (Å²) in [6.45, 7) is 0. The SMILES string of the molecule is N#Cc1c(-c2cccs2)ccnc1N. The highest BCUT2D eigenvalue weighted by Crippen LogP contribution is 2.29. The summed E-state index contributed by atoms with van der Waals surface area (Å²) in [6.07, 6.45) is 1.62. The first-order valence-corrected chi connectivity index (χ1v) is 4.89. The van der Waals surface area contributed by atoms with Gasteiger partial charge in [-0.25, -0.2) is 4.98 Å². The highest BCUT2D eigenvalue weighted by atomic mass is 32.1. The van der Waals surface area contributed by atoms with Crippen LogP contribution in [0.25, 0.3) is 10.4 Å². The first kappa shape index (κ1) is 8.73. The van der Waals surface area contributed by atoms with Crippen molar-refractivity contribution in [1.29, 1.82) is 5.26 Å². The van der Waals surface area contributed by atoms with Crippen LogP contribution in [0.1, 0.15) is 5.56 Å². The molecule has 2 aromatic heterocycles. The van der Waals surface area contributed by atoms with E-state index in [0.717, 1.165) is 10.4 Å². The van der Waals surface area contributed by atoms with Gasteiger partial charge in [-0.05, 0) is 17.5 Å². The number of nitrogens with zero attached hydrogens (tertiary/aromatic N) is 2. The van der Waals surface area contributed by atoms with E-state index in [9.17, 15) is 0 Å². The van der Waals surface area contributed by atoms with Crippen LogP contribution in [0.15, 0.2) is 29.8 Å². The Labute approximate surface area is 85.4 Å². The fourth-order valence-electron chi connectivity index (χ4n) is 1.23. The molecule has 0 spiro atoms. The van der Waals surface area contributed by atoms with Gasteiger partial charge in [0.25, 0.3) is 0 Å². The van der Waals surface area contributed by atoms with E-state index >= 15 is 0 Å². The van der Waals surface area contributed by atoms with Gasteiger partial charge in [0, 0.05) is 16.6 Å². The van der Waals surface area contributed by atoms with E-state index in [1.807, 2.05) is 17.5 Å². The van der Waals surface area contributed by atoms with Gasteiger partial charge in [0.2, 0.25) is 0 Å². The van der Waals surface area contributed by atoms with Gasteiger partial charge in [-0.3, -0.25) is 0 Å². The van der Waals surface area contributed by atoms with E-state index in [-0.39, 0.29) is 0 Å². The fraction of sp³-hybridized carbons (Fsp3) is 0. The molecule has 0 bridgehead atoms. The molecule has 3 nitrogen and oxygen atoms in total. The topological polar surface area (TPSA) is 62.7 Å². The number of hydrogen-bond donors (Lipinski definition) is 1. The molecule has 0 saturated heterocycles. The quantitative estimate of drug-likeness (QED) is 0.769. The van der Waals surface area contributed by atoms with Crippen molar-refractivity contribution in [3.8, 4) is 16.5 Å². The predicted octanol–water partition coefficient (Wildman–Crippen LogP) is 2.26. The number of nitrogen functional groups attached to an aromatic ring is 1. The molecular formula is C10H7N3S. The maximum absolute atomic E-state index is 8.93. The first-order valence-electron chi connectivity index (χ1n) is 4.01. The van der Waals surface area contributed by atoms with Gasteiger partial charge in [0.15, 0.2) is 0 Å². The van der Waals surface area contributed by atoms with Crippen molar-refractivity contribution in [2.24, 2.45) is 0 Å². The molecule has 4 heteroatoms. The van der Waals surface area contributed by atoms with E-state index in [0.29, 0.717) is 11.4 Å². The van der Waals surface area contributed by atoms with Crippen molar-refractivity contribution < 1.29 is 0 Å². The smallest absolute Gasteiger partial charge is 0.141 e. The summed E-state index contributed by atoms with van der Waals surface area (Å²) in [7, 11) is 0. The summed E-state index contributed by atoms with van der Waals surface area (Å²) in [5, 5.41) is 10.9. The highest BCUT2D eigenvalue weighted by molar-refractivity contribution is 7.13. The molecule has 2 aromatic rings. The highest BCUT2D eigenvalue weighted by Gasteiger charge is 2.08. The minimum Gasteiger partial charge on any atom is -0.383 e. The van der Waals surface area contributed by atoms with Crippen LogP contribution in [-0.2, 0) is 0 Å². The van der Waals surface area contributed by atoms with Gasteiger partial charge in [0.1, 0.15) is 17.5 Å². The van der Waals surface area contributed by atoms with Crippen LogP contribution >= 0.6 is 11.3 Å². The van der Waals surface area contributed by atoms with Gasteiger partial charge >= 0.3 is 0 Å². The minimum atomic E-state index is 0.290. The van der Waals surface area contributed by atoms with Crippen molar-refractivity contribution in [2.75, 3.05) is 5.73 Å². The molecular weight excluding hydrogens is 194 g/mol. The van der Waals surface area contributed by atoms with Gasteiger partial charge in [-0.1, -0.05) is 6.07 Å². The Kier molecular flexibility index (Phi) is 2.17. The van der Waals surface area contributed by atoms with Crippen LogP contribution in [-0.4, -0.2) is 4.98 Å². The Morgan fingerprint density at radius 3 is 2.93 bits per heavy atom. The van der Waals surface area contributed by atoms with E-state index < -0.39 is 0 Å². The van der Waals surface area contributed by atoms with E-state index in [2.05, 4.69) is 11.1 Å². The maximum atomic E-state index is 8.93. The second-order valence-electron chi connectivity index (χ2n) is 2.71. The summed E-state index contributed by atoms with van der Waals surface area (Å²) < 4.78 is 0. The molecule has 0 aliphatic rings. The molecule has 68 valence electrons. The van der Waals surface area contributed by atoms with Crippen LogP contribution in [0.4, 0.5) is 5.82 Å². The molecule has 0 aliphatic heterocycles. The molecule has 0 radical (unpaired) electrons. The zero-order chi connectivity index (χ0) is 9.97. The Morgan fingerprint density at radius 1 is 1.43 bits per heavy atom. The molecule has 0 unspecified atom stereocenters. The van der Waals surface area contributed by atoms with Crippen molar-refractivity contribution in [1.82, 2.24) is 4.98 Å². The monoisotopic (exact) mass is 201 g/mol. The van der Waals surface area contributed by atoms with Gasteiger partial charge in [-0.2, -0.15) is 5.26 Å². The van der Waals surface area contributed by atoms with Crippen molar-refractivity contribution in [3.63, 3.8) is 0 Å². The molecule has 2 heterocycles. The lowest BCUT2D eigenvalue weighted by molar-refractivity contribution is 1.31. The molecule has 0 aliphatic carbocycles. The summed E-state index contributed by atoms with van der Waals surface area (Å²) >= 11 is 1.58. The van der Waals surface area contributed by atoms with Gasteiger partial charge < -0.3 is 5.73 Å². The minimum absolute atomic E-state index is 0.290. The summed E-state index contributed by atoms with van der Waals surface area (Å²) in [4.78, 5) is 4.92. The van der Waals surface area contributed by atoms with Crippen LogP contribution in [0.5, 0.6) is 0 Å². The first-order chi connectivity index (χ1) is 6.83. The third kappa shape index (κ3) is 1.34.